The molecule has 0 bridgehead atoms. The molecule has 0 atom stereocenters. The van der Waals surface area contributed by atoms with E-state index in [4.69, 9.17) is 11.6 Å². The Hall–Kier alpha value is -2.08. The lowest BCUT2D eigenvalue weighted by atomic mass is 10.3. The van der Waals surface area contributed by atoms with Crippen molar-refractivity contribution in [3.8, 4) is 0 Å². The van der Waals surface area contributed by atoms with Crippen molar-refractivity contribution in [2.75, 3.05) is 47.8 Å². The van der Waals surface area contributed by atoms with Crippen LogP contribution in [0.1, 0.15) is 12.6 Å². The van der Waals surface area contributed by atoms with Gasteiger partial charge >= 0.3 is 0 Å². The fourth-order valence-corrected chi connectivity index (χ4v) is 2.78. The second kappa shape index (κ2) is 7.00. The molecule has 1 aliphatic rings. The largest absolute Gasteiger partial charge is 0.354 e. The van der Waals surface area contributed by atoms with Crippen molar-refractivity contribution >= 4 is 29.2 Å². The molecule has 1 N–H and O–H groups in total. The van der Waals surface area contributed by atoms with Crippen LogP contribution in [-0.4, -0.2) is 47.7 Å². The van der Waals surface area contributed by atoms with Gasteiger partial charge in [-0.3, -0.25) is 0 Å². The van der Waals surface area contributed by atoms with E-state index in [9.17, 15) is 0 Å². The van der Waals surface area contributed by atoms with Gasteiger partial charge in [-0.25, -0.2) is 9.97 Å². The molecule has 2 aromatic rings. The van der Waals surface area contributed by atoms with Gasteiger partial charge in [0.05, 0.1) is 5.02 Å². The predicted octanol–water partition coefficient (Wildman–Crippen LogP) is 2.59. The number of hydrogen-bond acceptors (Lipinski definition) is 6. The first-order valence-corrected chi connectivity index (χ1v) is 8.24. The molecule has 23 heavy (non-hydrogen) atoms. The van der Waals surface area contributed by atoms with Gasteiger partial charge < -0.3 is 15.1 Å². The number of hydrogen-bond donors (Lipinski definition) is 1. The second-order valence-electron chi connectivity index (χ2n) is 5.53. The minimum absolute atomic E-state index is 0.666. The van der Waals surface area contributed by atoms with Gasteiger partial charge in [-0.2, -0.15) is 4.98 Å². The van der Waals surface area contributed by atoms with E-state index in [0.29, 0.717) is 11.0 Å². The van der Waals surface area contributed by atoms with Crippen molar-refractivity contribution in [2.24, 2.45) is 0 Å². The van der Waals surface area contributed by atoms with Crippen LogP contribution in [0.15, 0.2) is 24.4 Å². The van der Waals surface area contributed by atoms with Crippen molar-refractivity contribution in [3.05, 3.63) is 35.1 Å². The molecule has 3 rings (SSSR count). The summed E-state index contributed by atoms with van der Waals surface area (Å²) >= 11 is 5.90. The van der Waals surface area contributed by atoms with Crippen LogP contribution in [0.3, 0.4) is 0 Å². The molecule has 0 radical (unpaired) electrons. The van der Waals surface area contributed by atoms with Crippen molar-refractivity contribution in [3.63, 3.8) is 0 Å². The first-order valence-electron chi connectivity index (χ1n) is 7.86. The average Bonchev–Trinajstić information content (AvgIpc) is 2.55. The molecule has 0 saturated carbocycles. The Bertz CT molecular complexity index is 652. The number of aryl methyl sites for hydroxylation is 1. The summed E-state index contributed by atoms with van der Waals surface area (Å²) in [5.41, 5.74) is 0.979. The molecule has 3 heterocycles. The molecule has 0 spiro atoms. The van der Waals surface area contributed by atoms with Gasteiger partial charge in [-0.05, 0) is 26.0 Å². The van der Waals surface area contributed by atoms with Crippen LogP contribution in [0.4, 0.5) is 17.6 Å². The first-order chi connectivity index (χ1) is 11.2. The number of piperazine rings is 1. The third-order valence-corrected chi connectivity index (χ3v) is 4.04. The minimum atomic E-state index is 0.666. The van der Waals surface area contributed by atoms with Crippen LogP contribution < -0.4 is 15.1 Å². The van der Waals surface area contributed by atoms with E-state index in [1.54, 1.807) is 6.20 Å². The highest BCUT2D eigenvalue weighted by molar-refractivity contribution is 6.30. The lowest BCUT2D eigenvalue weighted by Crippen LogP contribution is -2.47. The van der Waals surface area contributed by atoms with Crippen molar-refractivity contribution in [1.82, 2.24) is 15.0 Å². The van der Waals surface area contributed by atoms with E-state index >= 15 is 0 Å². The lowest BCUT2D eigenvalue weighted by Gasteiger charge is -2.36. The van der Waals surface area contributed by atoms with Gasteiger partial charge in [-0.15, -0.1) is 0 Å². The zero-order valence-electron chi connectivity index (χ0n) is 13.5. The Morgan fingerprint density at radius 1 is 1.09 bits per heavy atom. The lowest BCUT2D eigenvalue weighted by molar-refractivity contribution is 0.641. The fraction of sp³-hybridized carbons (Fsp3) is 0.438. The highest BCUT2D eigenvalue weighted by atomic mass is 35.5. The Balaban J connectivity index is 1.68. The molecule has 6 nitrogen and oxygen atoms in total. The van der Waals surface area contributed by atoms with Crippen molar-refractivity contribution in [1.29, 1.82) is 0 Å². The number of halogens is 1. The summed E-state index contributed by atoms with van der Waals surface area (Å²) in [6.45, 7) is 8.50. The van der Waals surface area contributed by atoms with Crippen LogP contribution in [0, 0.1) is 6.92 Å². The monoisotopic (exact) mass is 332 g/mol. The molecular formula is C16H21ClN6. The molecular weight excluding hydrogens is 312 g/mol. The number of nitrogens with zero attached hydrogens (tertiary/aromatic N) is 5. The van der Waals surface area contributed by atoms with Gasteiger partial charge in [0.2, 0.25) is 5.95 Å². The molecule has 0 unspecified atom stereocenters. The van der Waals surface area contributed by atoms with E-state index in [1.165, 1.54) is 0 Å². The molecule has 0 aliphatic carbocycles. The Labute approximate surface area is 141 Å². The van der Waals surface area contributed by atoms with E-state index < -0.39 is 0 Å². The van der Waals surface area contributed by atoms with Gasteiger partial charge in [-0.1, -0.05) is 11.6 Å². The summed E-state index contributed by atoms with van der Waals surface area (Å²) in [5, 5.41) is 3.85. The van der Waals surface area contributed by atoms with Gasteiger partial charge in [0, 0.05) is 50.7 Å². The van der Waals surface area contributed by atoms with Gasteiger partial charge in [0.15, 0.2) is 0 Å². The zero-order chi connectivity index (χ0) is 16.2. The molecule has 0 amide bonds. The van der Waals surface area contributed by atoms with Crippen molar-refractivity contribution in [2.45, 2.75) is 13.8 Å². The number of anilines is 3. The van der Waals surface area contributed by atoms with Crippen LogP contribution in [-0.2, 0) is 0 Å². The Morgan fingerprint density at radius 2 is 1.78 bits per heavy atom. The zero-order valence-corrected chi connectivity index (χ0v) is 14.2. The van der Waals surface area contributed by atoms with E-state index in [-0.39, 0.29) is 0 Å². The number of aromatic nitrogens is 3. The average molecular weight is 333 g/mol. The van der Waals surface area contributed by atoms with E-state index in [0.717, 1.165) is 50.1 Å². The summed E-state index contributed by atoms with van der Waals surface area (Å²) in [6.07, 6.45) is 1.69. The Morgan fingerprint density at radius 3 is 2.39 bits per heavy atom. The molecule has 0 aromatic carbocycles. The second-order valence-corrected chi connectivity index (χ2v) is 5.97. The summed E-state index contributed by atoms with van der Waals surface area (Å²) in [5.74, 6) is 2.66. The maximum Gasteiger partial charge on any atom is 0.224 e. The standard InChI is InChI=1S/C16H21ClN6/c1-3-18-16-20-12(2)10-15(21-16)23-8-6-22(7-9-23)14-5-4-13(17)11-19-14/h4-5,10-11H,3,6-9H2,1-2H3,(H,18,20,21). The summed E-state index contributed by atoms with van der Waals surface area (Å²) in [4.78, 5) is 18.0. The summed E-state index contributed by atoms with van der Waals surface area (Å²) in [6, 6.07) is 5.89. The highest BCUT2D eigenvalue weighted by Gasteiger charge is 2.19. The SMILES string of the molecule is CCNc1nc(C)cc(N2CCN(c3ccc(Cl)cn3)CC2)n1. The van der Waals surface area contributed by atoms with Crippen LogP contribution in [0.5, 0.6) is 0 Å². The molecule has 1 fully saturated rings. The predicted molar refractivity (Wildman–Crippen MR) is 94.6 cm³/mol. The Kier molecular flexibility index (Phi) is 4.81. The molecule has 122 valence electrons. The number of pyridine rings is 1. The van der Waals surface area contributed by atoms with Gasteiger partial charge in [0.1, 0.15) is 11.6 Å². The van der Waals surface area contributed by atoms with Gasteiger partial charge in [0.25, 0.3) is 0 Å². The summed E-state index contributed by atoms with van der Waals surface area (Å²) < 4.78 is 0. The normalized spacial score (nSPS) is 14.9. The highest BCUT2D eigenvalue weighted by Crippen LogP contribution is 2.20. The molecule has 1 saturated heterocycles. The third-order valence-electron chi connectivity index (χ3n) is 3.82. The first kappa shape index (κ1) is 15.8. The third kappa shape index (κ3) is 3.82. The summed E-state index contributed by atoms with van der Waals surface area (Å²) in [7, 11) is 0. The van der Waals surface area contributed by atoms with Crippen LogP contribution in [0.2, 0.25) is 5.02 Å². The van der Waals surface area contributed by atoms with E-state index in [1.807, 2.05) is 32.0 Å². The molecule has 2 aromatic heterocycles. The minimum Gasteiger partial charge on any atom is -0.354 e. The fourth-order valence-electron chi connectivity index (χ4n) is 2.67. The smallest absolute Gasteiger partial charge is 0.224 e. The topological polar surface area (TPSA) is 57.2 Å². The van der Waals surface area contributed by atoms with Crippen molar-refractivity contribution < 1.29 is 0 Å². The molecule has 7 heteroatoms. The van der Waals surface area contributed by atoms with E-state index in [2.05, 4.69) is 30.1 Å². The quantitative estimate of drug-likeness (QED) is 0.928. The maximum absolute atomic E-state index is 5.90. The van der Waals surface area contributed by atoms with Crippen LogP contribution in [0.25, 0.3) is 0 Å². The maximum atomic E-state index is 5.90. The number of rotatable bonds is 4. The van der Waals surface area contributed by atoms with Crippen LogP contribution >= 0.6 is 11.6 Å². The number of nitrogens with one attached hydrogen (secondary N) is 1. The molecule has 1 aliphatic heterocycles.